The second kappa shape index (κ2) is 6.64. The molecule has 2 aromatic heterocycles. The van der Waals surface area contributed by atoms with E-state index >= 15 is 0 Å². The molecule has 0 N–H and O–H groups in total. The quantitative estimate of drug-likeness (QED) is 0.539. The molecule has 2 saturated heterocycles. The van der Waals surface area contributed by atoms with Crippen LogP contribution in [-0.2, 0) is 95.9 Å². The molecule has 110 valence electrons. The number of fused-ring (bicyclic) bond motifs is 6. The Morgan fingerprint density at radius 2 is 1.09 bits per heavy atom. The number of hydrogen-bond donors (Lipinski definition) is 0. The van der Waals surface area contributed by atoms with E-state index in [1.807, 2.05) is 12.1 Å². The maximum atomic E-state index is 6.04. The average Bonchev–Trinajstić information content (AvgIpc) is 3.22. The molecule has 3 aliphatic rings. The van der Waals surface area contributed by atoms with Gasteiger partial charge in [-0.1, -0.05) is 0 Å². The maximum absolute atomic E-state index is 6.04. The Morgan fingerprint density at radius 1 is 0.727 bits per heavy atom. The van der Waals surface area contributed by atoms with E-state index in [4.69, 9.17) is 18.9 Å². The van der Waals surface area contributed by atoms with Gasteiger partial charge in [0.15, 0.2) is 11.6 Å². The fourth-order valence-electron chi connectivity index (χ4n) is 3.23. The standard InChI is InChI=1S/C14H10O4S2.2Y/c1-7-19-11-9(1)13(15-3-4-16-13)14(17-5-6-18-14)10-2-8-20-12(10)11;;/h1-2H,3-6H2;;/q-2;;. The second-order valence-electron chi connectivity index (χ2n) is 4.84. The van der Waals surface area contributed by atoms with Crippen LogP contribution in [0, 0.1) is 10.8 Å². The van der Waals surface area contributed by atoms with Crippen LogP contribution >= 0.6 is 22.7 Å². The van der Waals surface area contributed by atoms with Crippen molar-refractivity contribution in [3.05, 3.63) is 34.0 Å². The van der Waals surface area contributed by atoms with E-state index in [-0.39, 0.29) is 65.4 Å². The second-order valence-corrected chi connectivity index (χ2v) is 6.54. The van der Waals surface area contributed by atoms with Crippen LogP contribution in [-0.4, -0.2) is 26.4 Å². The zero-order valence-corrected chi connectivity index (χ0v) is 18.9. The van der Waals surface area contributed by atoms with Crippen LogP contribution in [0.5, 0.6) is 0 Å². The fourth-order valence-corrected chi connectivity index (χ4v) is 5.08. The van der Waals surface area contributed by atoms with Gasteiger partial charge in [0.2, 0.25) is 0 Å². The zero-order valence-electron chi connectivity index (χ0n) is 11.6. The minimum Gasteiger partial charge on any atom is -0.350 e. The molecule has 8 heteroatoms. The summed E-state index contributed by atoms with van der Waals surface area (Å²) in [5.41, 5.74) is 1.93. The molecular weight excluding hydrogens is 474 g/mol. The third-order valence-corrected chi connectivity index (χ3v) is 5.81. The number of rotatable bonds is 0. The zero-order chi connectivity index (χ0) is 13.2. The molecule has 1 aliphatic carbocycles. The summed E-state index contributed by atoms with van der Waals surface area (Å²) in [7, 11) is 0. The van der Waals surface area contributed by atoms with Crippen molar-refractivity contribution in [2.75, 3.05) is 26.4 Å². The molecule has 0 aromatic carbocycles. The molecular formula is C14H10O4S2Y2-2. The molecule has 2 spiro atoms. The number of hydrogen-bond acceptors (Lipinski definition) is 6. The molecule has 0 unspecified atom stereocenters. The van der Waals surface area contributed by atoms with Crippen molar-refractivity contribution < 1.29 is 84.4 Å². The van der Waals surface area contributed by atoms with Gasteiger partial charge in [0.25, 0.3) is 0 Å². The van der Waals surface area contributed by atoms with Crippen molar-refractivity contribution >= 4 is 22.7 Å². The predicted octanol–water partition coefficient (Wildman–Crippen LogP) is 2.48. The third kappa shape index (κ3) is 2.16. The molecule has 22 heavy (non-hydrogen) atoms. The van der Waals surface area contributed by atoms with E-state index in [9.17, 15) is 0 Å². The van der Waals surface area contributed by atoms with Gasteiger partial charge in [-0.05, 0) is 0 Å². The summed E-state index contributed by atoms with van der Waals surface area (Å²) in [6.07, 6.45) is 0. The van der Waals surface area contributed by atoms with E-state index < -0.39 is 11.6 Å². The Labute approximate surface area is 186 Å². The molecule has 0 atom stereocenters. The van der Waals surface area contributed by atoms with Crippen molar-refractivity contribution in [3.63, 3.8) is 0 Å². The van der Waals surface area contributed by atoms with E-state index in [2.05, 4.69) is 10.8 Å². The first-order valence-electron chi connectivity index (χ1n) is 6.44. The Hall–Kier alpha value is 1.45. The van der Waals surface area contributed by atoms with Crippen molar-refractivity contribution in [3.8, 4) is 9.75 Å². The van der Waals surface area contributed by atoms with Gasteiger partial charge in [0, 0.05) is 65.4 Å². The van der Waals surface area contributed by atoms with Gasteiger partial charge >= 0.3 is 0 Å². The number of ether oxygens (including phenoxy) is 4. The van der Waals surface area contributed by atoms with E-state index in [0.29, 0.717) is 26.4 Å². The molecule has 0 saturated carbocycles. The Balaban J connectivity index is 0.000000720. The molecule has 4 heterocycles. The normalized spacial score (nSPS) is 22.9. The van der Waals surface area contributed by atoms with Gasteiger partial charge in [-0.2, -0.15) is 21.9 Å². The molecule has 2 radical (unpaired) electrons. The SMILES string of the molecule is [Y].[Y].[c-]1cc2c(s1)-c1s[c-]cc1C1(OCCO1)C21OCCO1. The average molecular weight is 484 g/mol. The smallest absolute Gasteiger partial charge is 0.185 e. The monoisotopic (exact) mass is 484 g/mol. The van der Waals surface area contributed by atoms with Crippen molar-refractivity contribution in [1.29, 1.82) is 0 Å². The first-order valence-corrected chi connectivity index (χ1v) is 8.08. The molecule has 2 aromatic rings. The van der Waals surface area contributed by atoms with Gasteiger partial charge in [-0.15, -0.1) is 21.9 Å². The van der Waals surface area contributed by atoms with Gasteiger partial charge in [0.05, 0.1) is 26.4 Å². The Kier molecular flexibility index (Phi) is 5.50. The summed E-state index contributed by atoms with van der Waals surface area (Å²) in [6, 6.07) is 3.86. The summed E-state index contributed by atoms with van der Waals surface area (Å²) in [4.78, 5) is 2.25. The van der Waals surface area contributed by atoms with Crippen molar-refractivity contribution in [1.82, 2.24) is 0 Å². The molecule has 2 aliphatic heterocycles. The number of thiophene rings is 2. The summed E-state index contributed by atoms with van der Waals surface area (Å²) in [5, 5.41) is 6.38. The molecule has 0 amide bonds. The van der Waals surface area contributed by atoms with E-state index in [1.165, 1.54) is 0 Å². The third-order valence-electron chi connectivity index (χ3n) is 3.95. The van der Waals surface area contributed by atoms with Crippen LogP contribution in [0.4, 0.5) is 0 Å². The Bertz CT molecular complexity index is 614. The first kappa shape index (κ1) is 18.2. The van der Waals surface area contributed by atoms with Gasteiger partial charge in [-0.3, -0.25) is 0 Å². The van der Waals surface area contributed by atoms with Gasteiger partial charge in [-0.25, -0.2) is 0 Å². The minimum absolute atomic E-state index is 0. The molecule has 5 rings (SSSR count). The minimum atomic E-state index is -1.00. The van der Waals surface area contributed by atoms with E-state index in [0.717, 1.165) is 20.9 Å². The summed E-state index contributed by atoms with van der Waals surface area (Å²) in [6.45, 7) is 2.14. The summed E-state index contributed by atoms with van der Waals surface area (Å²) >= 11 is 3.14. The van der Waals surface area contributed by atoms with Gasteiger partial charge < -0.3 is 41.6 Å². The predicted molar refractivity (Wildman–Crippen MR) is 72.5 cm³/mol. The van der Waals surface area contributed by atoms with Gasteiger partial charge in [0.1, 0.15) is 0 Å². The van der Waals surface area contributed by atoms with Crippen LogP contribution in [0.2, 0.25) is 0 Å². The van der Waals surface area contributed by atoms with E-state index in [1.54, 1.807) is 22.7 Å². The molecule has 2 fully saturated rings. The van der Waals surface area contributed by atoms with Crippen molar-refractivity contribution in [2.24, 2.45) is 0 Å². The fraction of sp³-hybridized carbons (Fsp3) is 0.429. The van der Waals surface area contributed by atoms with Crippen LogP contribution in [0.15, 0.2) is 12.1 Å². The molecule has 4 nitrogen and oxygen atoms in total. The van der Waals surface area contributed by atoms with Crippen LogP contribution < -0.4 is 0 Å². The largest absolute Gasteiger partial charge is 0.350 e. The van der Waals surface area contributed by atoms with Crippen LogP contribution in [0.3, 0.4) is 0 Å². The first-order chi connectivity index (χ1) is 9.87. The van der Waals surface area contributed by atoms with Crippen LogP contribution in [0.25, 0.3) is 9.75 Å². The maximum Gasteiger partial charge on any atom is 0.185 e. The summed E-state index contributed by atoms with van der Waals surface area (Å²) < 4.78 is 24.1. The van der Waals surface area contributed by atoms with Crippen LogP contribution in [0.1, 0.15) is 11.1 Å². The topological polar surface area (TPSA) is 36.9 Å². The molecule has 0 bridgehead atoms. The van der Waals surface area contributed by atoms with Crippen molar-refractivity contribution in [2.45, 2.75) is 11.6 Å². The summed E-state index contributed by atoms with van der Waals surface area (Å²) in [5.74, 6) is -2.01. The Morgan fingerprint density at radius 3 is 1.45 bits per heavy atom.